The average Bonchev–Trinajstić information content (AvgIpc) is 3.02. The Balaban J connectivity index is 1.50. The normalized spacial score (nSPS) is 15.2. The van der Waals surface area contributed by atoms with Gasteiger partial charge in [0.05, 0.1) is 0 Å². The van der Waals surface area contributed by atoms with E-state index in [2.05, 4.69) is 41.1 Å². The van der Waals surface area contributed by atoms with Crippen molar-refractivity contribution in [1.29, 1.82) is 0 Å². The molecule has 130 valence electrons. The molecule has 4 heterocycles. The minimum absolute atomic E-state index is 0.779. The maximum atomic E-state index is 4.67. The fourth-order valence-electron chi connectivity index (χ4n) is 3.00. The second-order valence-electron chi connectivity index (χ2n) is 6.04. The number of fused-ring (bicyclic) bond motifs is 1. The molecule has 0 spiro atoms. The summed E-state index contributed by atoms with van der Waals surface area (Å²) >= 11 is 1.58. The van der Waals surface area contributed by atoms with Gasteiger partial charge in [0.2, 0.25) is 0 Å². The van der Waals surface area contributed by atoms with Crippen molar-refractivity contribution in [2.45, 2.75) is 19.0 Å². The van der Waals surface area contributed by atoms with Crippen molar-refractivity contribution in [3.05, 3.63) is 29.7 Å². The number of hydrogen-bond acceptors (Lipinski definition) is 8. The van der Waals surface area contributed by atoms with Crippen LogP contribution < -0.4 is 9.80 Å². The lowest BCUT2D eigenvalue weighted by Crippen LogP contribution is -2.47. The summed E-state index contributed by atoms with van der Waals surface area (Å²) in [6.07, 6.45) is 2.01. The zero-order chi connectivity index (χ0) is 17.4. The fourth-order valence-corrected chi connectivity index (χ4v) is 3.42. The maximum Gasteiger partial charge on any atom is 0.189 e. The topological polar surface area (TPSA) is 75.3 Å². The Morgan fingerprint density at radius 2 is 1.64 bits per heavy atom. The van der Waals surface area contributed by atoms with Crippen LogP contribution in [0.3, 0.4) is 0 Å². The van der Waals surface area contributed by atoms with E-state index < -0.39 is 0 Å². The van der Waals surface area contributed by atoms with Crippen LogP contribution >= 0.6 is 11.8 Å². The number of hydrogen-bond donors (Lipinski definition) is 0. The molecule has 1 fully saturated rings. The van der Waals surface area contributed by atoms with Gasteiger partial charge in [-0.15, -0.1) is 15.3 Å². The van der Waals surface area contributed by atoms with Crippen molar-refractivity contribution >= 4 is 29.0 Å². The molecule has 0 amide bonds. The molecule has 0 bridgehead atoms. The van der Waals surface area contributed by atoms with E-state index in [1.807, 2.05) is 32.2 Å². The van der Waals surface area contributed by atoms with Gasteiger partial charge in [0.15, 0.2) is 16.6 Å². The lowest BCUT2D eigenvalue weighted by Gasteiger charge is -2.36. The third-order valence-corrected chi connectivity index (χ3v) is 4.88. The van der Waals surface area contributed by atoms with Crippen LogP contribution in [0.1, 0.15) is 11.5 Å². The minimum Gasteiger partial charge on any atom is -0.353 e. The summed E-state index contributed by atoms with van der Waals surface area (Å²) in [6.45, 7) is 7.54. The van der Waals surface area contributed by atoms with E-state index in [-0.39, 0.29) is 0 Å². The highest BCUT2D eigenvalue weighted by Crippen LogP contribution is 2.21. The van der Waals surface area contributed by atoms with Crippen LogP contribution in [0.4, 0.5) is 11.6 Å². The number of aromatic nitrogens is 6. The quantitative estimate of drug-likeness (QED) is 0.517. The number of piperazine rings is 1. The third-order valence-electron chi connectivity index (χ3n) is 4.34. The second-order valence-corrected chi connectivity index (χ2v) is 6.81. The van der Waals surface area contributed by atoms with E-state index in [1.54, 1.807) is 16.3 Å². The van der Waals surface area contributed by atoms with Gasteiger partial charge in [-0.1, -0.05) is 11.8 Å². The summed E-state index contributed by atoms with van der Waals surface area (Å²) < 4.78 is 1.79. The summed E-state index contributed by atoms with van der Waals surface area (Å²) in [4.78, 5) is 13.7. The zero-order valence-electron chi connectivity index (χ0n) is 14.5. The smallest absolute Gasteiger partial charge is 0.189 e. The van der Waals surface area contributed by atoms with E-state index in [0.29, 0.717) is 0 Å². The summed E-state index contributed by atoms with van der Waals surface area (Å²) in [7, 11) is 0. The predicted octanol–water partition coefficient (Wildman–Crippen LogP) is 1.58. The molecule has 1 aliphatic heterocycles. The number of thioether (sulfide) groups is 1. The highest BCUT2D eigenvalue weighted by molar-refractivity contribution is 7.98. The molecule has 0 aliphatic carbocycles. The molecular formula is C16H20N8S. The van der Waals surface area contributed by atoms with Gasteiger partial charge in [-0.05, 0) is 32.2 Å². The van der Waals surface area contributed by atoms with Gasteiger partial charge in [-0.2, -0.15) is 4.52 Å². The van der Waals surface area contributed by atoms with Crippen LogP contribution in [0.25, 0.3) is 5.65 Å². The third kappa shape index (κ3) is 3.11. The maximum absolute atomic E-state index is 4.67. The second kappa shape index (κ2) is 6.47. The molecule has 0 radical (unpaired) electrons. The first-order valence-electron chi connectivity index (χ1n) is 8.22. The van der Waals surface area contributed by atoms with Gasteiger partial charge >= 0.3 is 0 Å². The summed E-state index contributed by atoms with van der Waals surface area (Å²) in [6, 6.07) is 6.03. The van der Waals surface area contributed by atoms with E-state index in [4.69, 9.17) is 0 Å². The van der Waals surface area contributed by atoms with Crippen molar-refractivity contribution < 1.29 is 0 Å². The molecule has 25 heavy (non-hydrogen) atoms. The lowest BCUT2D eigenvalue weighted by atomic mass is 10.3. The molecular weight excluding hydrogens is 336 g/mol. The standard InChI is InChI=1S/C16H20N8S/c1-11-10-15(18-16(17-11)25-3)23-8-6-22(7-9-23)14-5-4-13-20-19-12(2)24(13)21-14/h4-5,10H,6-9H2,1-3H3. The molecule has 0 aromatic carbocycles. The van der Waals surface area contributed by atoms with E-state index in [9.17, 15) is 0 Å². The van der Waals surface area contributed by atoms with Crippen LogP contribution in [0.5, 0.6) is 0 Å². The molecule has 0 saturated carbocycles. The van der Waals surface area contributed by atoms with Crippen LogP contribution in [0, 0.1) is 13.8 Å². The Bertz CT molecular complexity index is 900. The van der Waals surface area contributed by atoms with Gasteiger partial charge in [0.1, 0.15) is 11.6 Å². The van der Waals surface area contributed by atoms with Crippen LogP contribution in [0.15, 0.2) is 23.4 Å². The van der Waals surface area contributed by atoms with Gasteiger partial charge in [0.25, 0.3) is 0 Å². The lowest BCUT2D eigenvalue weighted by molar-refractivity contribution is 0.631. The number of anilines is 2. The van der Waals surface area contributed by atoms with Gasteiger partial charge in [0, 0.05) is 37.9 Å². The monoisotopic (exact) mass is 356 g/mol. The van der Waals surface area contributed by atoms with Crippen molar-refractivity contribution in [2.75, 3.05) is 42.2 Å². The molecule has 4 rings (SSSR count). The number of aryl methyl sites for hydroxylation is 2. The Labute approximate surface area is 150 Å². The zero-order valence-corrected chi connectivity index (χ0v) is 15.4. The number of nitrogens with zero attached hydrogens (tertiary/aromatic N) is 8. The highest BCUT2D eigenvalue weighted by atomic mass is 32.2. The van der Waals surface area contributed by atoms with Crippen LogP contribution in [-0.2, 0) is 0 Å². The van der Waals surface area contributed by atoms with Crippen molar-refractivity contribution in [3.8, 4) is 0 Å². The predicted molar refractivity (Wildman–Crippen MR) is 98.5 cm³/mol. The summed E-state index contributed by atoms with van der Waals surface area (Å²) in [5.74, 6) is 2.77. The van der Waals surface area contributed by atoms with E-state index in [1.165, 1.54) is 0 Å². The molecule has 3 aromatic heterocycles. The van der Waals surface area contributed by atoms with Crippen molar-refractivity contribution in [3.63, 3.8) is 0 Å². The van der Waals surface area contributed by atoms with E-state index >= 15 is 0 Å². The fraction of sp³-hybridized carbons (Fsp3) is 0.438. The van der Waals surface area contributed by atoms with Crippen LogP contribution in [-0.4, -0.2) is 62.2 Å². The van der Waals surface area contributed by atoms with Crippen LogP contribution in [0.2, 0.25) is 0 Å². The summed E-state index contributed by atoms with van der Waals surface area (Å²) in [5, 5.41) is 13.6. The van der Waals surface area contributed by atoms with Crippen molar-refractivity contribution in [1.82, 2.24) is 29.8 Å². The first-order valence-corrected chi connectivity index (χ1v) is 9.45. The molecule has 3 aromatic rings. The Morgan fingerprint density at radius 3 is 2.36 bits per heavy atom. The molecule has 1 saturated heterocycles. The van der Waals surface area contributed by atoms with Gasteiger partial charge < -0.3 is 9.80 Å². The van der Waals surface area contributed by atoms with E-state index in [0.717, 1.165) is 60.1 Å². The number of rotatable bonds is 3. The van der Waals surface area contributed by atoms with Gasteiger partial charge in [-0.25, -0.2) is 9.97 Å². The Morgan fingerprint density at radius 1 is 0.920 bits per heavy atom. The SMILES string of the molecule is CSc1nc(C)cc(N2CCN(c3ccc4nnc(C)n4n3)CC2)n1. The largest absolute Gasteiger partial charge is 0.353 e. The first-order chi connectivity index (χ1) is 12.1. The minimum atomic E-state index is 0.779. The highest BCUT2D eigenvalue weighted by Gasteiger charge is 2.20. The van der Waals surface area contributed by atoms with Gasteiger partial charge in [-0.3, -0.25) is 0 Å². The molecule has 9 heteroatoms. The molecule has 0 unspecified atom stereocenters. The van der Waals surface area contributed by atoms with Crippen molar-refractivity contribution in [2.24, 2.45) is 0 Å². The first kappa shape index (κ1) is 16.1. The summed E-state index contributed by atoms with van der Waals surface area (Å²) in [5.41, 5.74) is 1.79. The molecule has 0 atom stereocenters. The Hall–Kier alpha value is -2.42. The molecule has 1 aliphatic rings. The average molecular weight is 356 g/mol. The Kier molecular flexibility index (Phi) is 4.16. The molecule has 8 nitrogen and oxygen atoms in total. The molecule has 0 N–H and O–H groups in total.